The van der Waals surface area contributed by atoms with Gasteiger partial charge in [-0.25, -0.2) is 0 Å². The van der Waals surface area contributed by atoms with Crippen LogP contribution >= 0.6 is 34.8 Å². The van der Waals surface area contributed by atoms with Crippen LogP contribution in [0.1, 0.15) is 19.4 Å². The van der Waals surface area contributed by atoms with Gasteiger partial charge in [0.1, 0.15) is 0 Å². The molecule has 0 saturated heterocycles. The standard InChI is InChI=1S/C20H20Cl3N3/c1-20(2,26-11-15-16(22)4-3-5-17(15)23)12-25-18-8-9-24-19-10-13(21)6-7-14(18)19/h3-10,26H,11-12H2,1-2H3,(H,24,25). The normalized spacial score (nSPS) is 11.7. The summed E-state index contributed by atoms with van der Waals surface area (Å²) in [5, 5.41) is 10.1. The number of pyridine rings is 1. The number of benzene rings is 2. The van der Waals surface area contributed by atoms with Crippen LogP contribution in [0.2, 0.25) is 15.1 Å². The van der Waals surface area contributed by atoms with Crippen molar-refractivity contribution in [2.45, 2.75) is 25.9 Å². The predicted molar refractivity (Wildman–Crippen MR) is 113 cm³/mol. The first-order valence-corrected chi connectivity index (χ1v) is 9.45. The first kappa shape index (κ1) is 19.2. The average molecular weight is 409 g/mol. The van der Waals surface area contributed by atoms with Gasteiger partial charge in [0.2, 0.25) is 0 Å². The molecular formula is C20H20Cl3N3. The van der Waals surface area contributed by atoms with Gasteiger partial charge in [0, 0.05) is 56.5 Å². The zero-order valence-corrected chi connectivity index (χ0v) is 16.9. The monoisotopic (exact) mass is 407 g/mol. The molecule has 0 bridgehead atoms. The smallest absolute Gasteiger partial charge is 0.0737 e. The Hall–Kier alpha value is -1.52. The quantitative estimate of drug-likeness (QED) is 0.511. The minimum Gasteiger partial charge on any atom is -0.383 e. The molecule has 1 aromatic heterocycles. The van der Waals surface area contributed by atoms with Crippen molar-refractivity contribution in [3.63, 3.8) is 0 Å². The summed E-state index contributed by atoms with van der Waals surface area (Å²) in [6.07, 6.45) is 1.78. The molecule has 3 rings (SSSR count). The second-order valence-corrected chi connectivity index (χ2v) is 8.06. The number of hydrogen-bond donors (Lipinski definition) is 2. The number of aromatic nitrogens is 1. The average Bonchev–Trinajstić information content (AvgIpc) is 2.59. The van der Waals surface area contributed by atoms with E-state index in [9.17, 15) is 0 Å². The minimum atomic E-state index is -0.176. The molecule has 26 heavy (non-hydrogen) atoms. The molecule has 0 spiro atoms. The highest BCUT2D eigenvalue weighted by Gasteiger charge is 2.18. The van der Waals surface area contributed by atoms with Crippen LogP contribution in [0.3, 0.4) is 0 Å². The number of anilines is 1. The summed E-state index contributed by atoms with van der Waals surface area (Å²) < 4.78 is 0. The molecule has 136 valence electrons. The molecule has 0 radical (unpaired) electrons. The largest absolute Gasteiger partial charge is 0.383 e. The Morgan fingerprint density at radius 2 is 1.73 bits per heavy atom. The fraction of sp³-hybridized carbons (Fsp3) is 0.250. The molecule has 0 unspecified atom stereocenters. The van der Waals surface area contributed by atoms with Crippen LogP contribution in [-0.4, -0.2) is 17.1 Å². The van der Waals surface area contributed by atoms with Crippen LogP contribution in [0, 0.1) is 0 Å². The lowest BCUT2D eigenvalue weighted by Crippen LogP contribution is -2.44. The summed E-state index contributed by atoms with van der Waals surface area (Å²) in [5.74, 6) is 0. The van der Waals surface area contributed by atoms with Gasteiger partial charge in [0.05, 0.1) is 5.52 Å². The molecule has 0 atom stereocenters. The number of nitrogens with one attached hydrogen (secondary N) is 2. The van der Waals surface area contributed by atoms with Crippen molar-refractivity contribution in [2.24, 2.45) is 0 Å². The zero-order valence-electron chi connectivity index (χ0n) is 14.6. The molecule has 2 aromatic carbocycles. The van der Waals surface area contributed by atoms with E-state index < -0.39 is 0 Å². The molecule has 0 fully saturated rings. The Balaban J connectivity index is 1.69. The van der Waals surface area contributed by atoms with Gasteiger partial charge < -0.3 is 10.6 Å². The van der Waals surface area contributed by atoms with Crippen molar-refractivity contribution in [3.05, 3.63) is 69.3 Å². The van der Waals surface area contributed by atoms with E-state index in [-0.39, 0.29) is 5.54 Å². The van der Waals surface area contributed by atoms with Crippen molar-refractivity contribution in [1.82, 2.24) is 10.3 Å². The van der Waals surface area contributed by atoms with Crippen molar-refractivity contribution in [3.8, 4) is 0 Å². The summed E-state index contributed by atoms with van der Waals surface area (Å²) in [5.41, 5.74) is 2.63. The van der Waals surface area contributed by atoms with E-state index in [0.29, 0.717) is 21.6 Å². The van der Waals surface area contributed by atoms with Gasteiger partial charge in [-0.15, -0.1) is 0 Å². The maximum Gasteiger partial charge on any atom is 0.0737 e. The van der Waals surface area contributed by atoms with Crippen molar-refractivity contribution in [1.29, 1.82) is 0 Å². The number of fused-ring (bicyclic) bond motifs is 1. The van der Waals surface area contributed by atoms with E-state index >= 15 is 0 Å². The van der Waals surface area contributed by atoms with Crippen molar-refractivity contribution < 1.29 is 0 Å². The van der Waals surface area contributed by atoms with Crippen LogP contribution in [-0.2, 0) is 6.54 Å². The SMILES string of the molecule is CC(C)(CNc1ccnc2cc(Cl)ccc12)NCc1c(Cl)cccc1Cl. The third-order valence-corrected chi connectivity index (χ3v) is 5.17. The molecule has 0 saturated carbocycles. The Morgan fingerprint density at radius 3 is 2.46 bits per heavy atom. The minimum absolute atomic E-state index is 0.176. The first-order valence-electron chi connectivity index (χ1n) is 8.32. The molecule has 0 aliphatic heterocycles. The van der Waals surface area contributed by atoms with Gasteiger partial charge >= 0.3 is 0 Å². The highest BCUT2D eigenvalue weighted by molar-refractivity contribution is 6.36. The van der Waals surface area contributed by atoms with E-state index in [4.69, 9.17) is 34.8 Å². The van der Waals surface area contributed by atoms with Crippen LogP contribution in [0.15, 0.2) is 48.7 Å². The summed E-state index contributed by atoms with van der Waals surface area (Å²) in [6.45, 7) is 5.58. The third kappa shape index (κ3) is 4.60. The van der Waals surface area contributed by atoms with Gasteiger partial charge in [-0.3, -0.25) is 4.98 Å². The van der Waals surface area contributed by atoms with Crippen molar-refractivity contribution in [2.75, 3.05) is 11.9 Å². The summed E-state index contributed by atoms with van der Waals surface area (Å²) in [4.78, 5) is 4.37. The molecule has 0 amide bonds. The van der Waals surface area contributed by atoms with Crippen LogP contribution in [0.5, 0.6) is 0 Å². The predicted octanol–water partition coefficient (Wildman–Crippen LogP) is 6.18. The third-order valence-electron chi connectivity index (χ3n) is 4.23. The summed E-state index contributed by atoms with van der Waals surface area (Å²) >= 11 is 18.6. The topological polar surface area (TPSA) is 37.0 Å². The number of halogens is 3. The highest BCUT2D eigenvalue weighted by Crippen LogP contribution is 2.26. The van der Waals surface area contributed by atoms with Crippen molar-refractivity contribution >= 4 is 51.4 Å². The lowest BCUT2D eigenvalue weighted by Gasteiger charge is -2.28. The van der Waals surface area contributed by atoms with Crippen LogP contribution in [0.4, 0.5) is 5.69 Å². The number of rotatable bonds is 6. The molecule has 2 N–H and O–H groups in total. The fourth-order valence-corrected chi connectivity index (χ4v) is 3.38. The van der Waals surface area contributed by atoms with Crippen LogP contribution in [0.25, 0.3) is 10.9 Å². The molecule has 1 heterocycles. The molecule has 3 aromatic rings. The Kier molecular flexibility index (Phi) is 5.93. The number of hydrogen-bond acceptors (Lipinski definition) is 3. The molecule has 0 aliphatic rings. The molecule has 6 heteroatoms. The lowest BCUT2D eigenvalue weighted by molar-refractivity contribution is 0.407. The lowest BCUT2D eigenvalue weighted by atomic mass is 10.0. The maximum atomic E-state index is 6.25. The highest BCUT2D eigenvalue weighted by atomic mass is 35.5. The Labute approximate surface area is 168 Å². The summed E-state index contributed by atoms with van der Waals surface area (Å²) in [7, 11) is 0. The fourth-order valence-electron chi connectivity index (χ4n) is 2.68. The van der Waals surface area contributed by atoms with Gasteiger partial charge in [0.15, 0.2) is 0 Å². The molecule has 0 aliphatic carbocycles. The zero-order chi connectivity index (χ0) is 18.7. The van der Waals surface area contributed by atoms with Gasteiger partial charge in [0.25, 0.3) is 0 Å². The second kappa shape index (κ2) is 8.01. The van der Waals surface area contributed by atoms with E-state index in [2.05, 4.69) is 29.5 Å². The van der Waals surface area contributed by atoms with Gasteiger partial charge in [-0.1, -0.05) is 40.9 Å². The first-order chi connectivity index (χ1) is 12.4. The van der Waals surface area contributed by atoms with Gasteiger partial charge in [-0.05, 0) is 50.2 Å². The van der Waals surface area contributed by atoms with E-state index in [1.807, 2.05) is 42.5 Å². The van der Waals surface area contributed by atoms with Crippen LogP contribution < -0.4 is 10.6 Å². The molecular weight excluding hydrogens is 389 g/mol. The number of nitrogens with zero attached hydrogens (tertiary/aromatic N) is 1. The van der Waals surface area contributed by atoms with E-state index in [1.165, 1.54) is 0 Å². The second-order valence-electron chi connectivity index (χ2n) is 6.81. The maximum absolute atomic E-state index is 6.25. The van der Waals surface area contributed by atoms with E-state index in [1.54, 1.807) is 6.20 Å². The Morgan fingerprint density at radius 1 is 1.00 bits per heavy atom. The van der Waals surface area contributed by atoms with Gasteiger partial charge in [-0.2, -0.15) is 0 Å². The van der Waals surface area contributed by atoms with E-state index in [0.717, 1.165) is 28.7 Å². The molecule has 3 nitrogen and oxygen atoms in total. The summed E-state index contributed by atoms with van der Waals surface area (Å²) in [6, 6.07) is 13.2. The Bertz CT molecular complexity index is 905.